The van der Waals surface area contributed by atoms with Gasteiger partial charge in [-0.3, -0.25) is 15.1 Å². The standard InChI is InChI=1S/C20H16N8O2/c21-15-6-16(27-9-20(10-27)18(29)25-19(30)26-20)24-17-13(8-23-28(15)17)12-5-11-3-1-2-4-14(11)22-7-12/h1-8H,9-10,21H2,(H2,25,26,29,30). The van der Waals surface area contributed by atoms with Gasteiger partial charge in [-0.15, -0.1) is 0 Å². The van der Waals surface area contributed by atoms with Crippen LogP contribution < -0.4 is 21.3 Å². The molecule has 0 aliphatic carbocycles. The fourth-order valence-corrected chi connectivity index (χ4v) is 4.07. The quantitative estimate of drug-likeness (QED) is 0.427. The van der Waals surface area contributed by atoms with Crippen LogP contribution >= 0.6 is 0 Å². The summed E-state index contributed by atoms with van der Waals surface area (Å²) < 4.78 is 1.58. The molecule has 10 heteroatoms. The number of hydrogen-bond acceptors (Lipinski definition) is 7. The van der Waals surface area contributed by atoms with Crippen molar-refractivity contribution in [1.29, 1.82) is 0 Å². The molecule has 1 aromatic carbocycles. The van der Waals surface area contributed by atoms with Gasteiger partial charge in [0.05, 0.1) is 24.8 Å². The molecule has 3 amide bonds. The summed E-state index contributed by atoms with van der Waals surface area (Å²) in [5.74, 6) is 0.732. The van der Waals surface area contributed by atoms with E-state index in [1.54, 1.807) is 23.0 Å². The highest BCUT2D eigenvalue weighted by Crippen LogP contribution is 2.32. The molecule has 2 fully saturated rings. The zero-order valence-electron chi connectivity index (χ0n) is 15.7. The number of fused-ring (bicyclic) bond motifs is 2. The summed E-state index contributed by atoms with van der Waals surface area (Å²) in [5.41, 5.74) is 8.53. The Kier molecular flexibility index (Phi) is 3.15. The Labute approximate surface area is 169 Å². The van der Waals surface area contributed by atoms with Crippen LogP contribution in [0.3, 0.4) is 0 Å². The van der Waals surface area contributed by atoms with Crippen LogP contribution in [0.1, 0.15) is 0 Å². The zero-order valence-corrected chi connectivity index (χ0v) is 15.7. The molecule has 1 spiro atoms. The number of nitrogens with one attached hydrogen (secondary N) is 2. The van der Waals surface area contributed by atoms with Crippen LogP contribution in [0, 0.1) is 0 Å². The molecule has 3 aromatic heterocycles. The van der Waals surface area contributed by atoms with E-state index >= 15 is 0 Å². The Hall–Kier alpha value is -4.21. The monoisotopic (exact) mass is 400 g/mol. The summed E-state index contributed by atoms with van der Waals surface area (Å²) in [7, 11) is 0. The molecule has 6 rings (SSSR count). The number of carbonyl (C=O) groups is 2. The van der Waals surface area contributed by atoms with Crippen LogP contribution in [0.4, 0.5) is 16.4 Å². The summed E-state index contributed by atoms with van der Waals surface area (Å²) in [6.07, 6.45) is 3.51. The number of amides is 3. The van der Waals surface area contributed by atoms with Crippen molar-refractivity contribution in [3.63, 3.8) is 0 Å². The first-order valence-corrected chi connectivity index (χ1v) is 9.40. The second kappa shape index (κ2) is 5.66. The van der Waals surface area contributed by atoms with Crippen LogP contribution in [0.25, 0.3) is 27.7 Å². The van der Waals surface area contributed by atoms with E-state index in [0.29, 0.717) is 30.4 Å². The molecule has 0 atom stereocenters. The largest absolute Gasteiger partial charge is 0.383 e. The minimum absolute atomic E-state index is 0.315. The van der Waals surface area contributed by atoms with Crippen LogP contribution in [0.2, 0.25) is 0 Å². The topological polar surface area (TPSA) is 131 Å². The molecule has 2 aliphatic rings. The van der Waals surface area contributed by atoms with Gasteiger partial charge in [-0.05, 0) is 12.1 Å². The number of anilines is 2. The number of pyridine rings is 1. The third-order valence-electron chi connectivity index (χ3n) is 5.65. The van der Waals surface area contributed by atoms with Gasteiger partial charge in [0, 0.05) is 28.8 Å². The van der Waals surface area contributed by atoms with Crippen LogP contribution in [-0.2, 0) is 4.79 Å². The number of imide groups is 1. The molecule has 0 bridgehead atoms. The zero-order chi connectivity index (χ0) is 20.5. The van der Waals surface area contributed by atoms with Gasteiger partial charge in [0.15, 0.2) is 11.2 Å². The van der Waals surface area contributed by atoms with Gasteiger partial charge in [0.25, 0.3) is 5.91 Å². The van der Waals surface area contributed by atoms with E-state index in [9.17, 15) is 9.59 Å². The average Bonchev–Trinajstić information content (AvgIpc) is 3.27. The van der Waals surface area contributed by atoms with E-state index in [2.05, 4.69) is 20.7 Å². The normalized spacial score (nSPS) is 17.4. The van der Waals surface area contributed by atoms with Crippen molar-refractivity contribution in [3.05, 3.63) is 48.8 Å². The molecule has 4 N–H and O–H groups in total. The number of nitrogens with two attached hydrogens (primary N) is 1. The summed E-state index contributed by atoms with van der Waals surface area (Å²) >= 11 is 0. The van der Waals surface area contributed by atoms with Gasteiger partial charge >= 0.3 is 6.03 Å². The van der Waals surface area contributed by atoms with Gasteiger partial charge in [-0.25, -0.2) is 9.78 Å². The predicted octanol–water partition coefficient (Wildman–Crippen LogP) is 0.925. The van der Waals surface area contributed by atoms with Crippen molar-refractivity contribution >= 4 is 40.1 Å². The third kappa shape index (κ3) is 2.27. The van der Waals surface area contributed by atoms with Crippen LogP contribution in [0.5, 0.6) is 0 Å². The number of carbonyl (C=O) groups excluding carboxylic acids is 2. The van der Waals surface area contributed by atoms with Crippen LogP contribution in [-0.4, -0.2) is 50.1 Å². The Bertz CT molecular complexity index is 1370. The lowest BCUT2D eigenvalue weighted by atomic mass is 9.90. The number of rotatable bonds is 2. The van der Waals surface area contributed by atoms with E-state index in [0.717, 1.165) is 22.0 Å². The molecule has 2 saturated heterocycles. The number of benzene rings is 1. The first-order valence-electron chi connectivity index (χ1n) is 9.40. The minimum Gasteiger partial charge on any atom is -0.383 e. The molecule has 0 saturated carbocycles. The van der Waals surface area contributed by atoms with Gasteiger partial charge in [0.2, 0.25) is 0 Å². The van der Waals surface area contributed by atoms with E-state index < -0.39 is 11.6 Å². The number of para-hydroxylation sites is 1. The number of nitrogens with zero attached hydrogens (tertiary/aromatic N) is 5. The second-order valence-electron chi connectivity index (χ2n) is 7.60. The van der Waals surface area contributed by atoms with E-state index in [4.69, 9.17) is 10.7 Å². The smallest absolute Gasteiger partial charge is 0.322 e. The Morgan fingerprint density at radius 1 is 1.10 bits per heavy atom. The fourth-order valence-electron chi connectivity index (χ4n) is 4.07. The molecular formula is C20H16N8O2. The highest BCUT2D eigenvalue weighted by atomic mass is 16.2. The Morgan fingerprint density at radius 2 is 1.93 bits per heavy atom. The minimum atomic E-state index is -0.898. The summed E-state index contributed by atoms with van der Waals surface area (Å²) in [5, 5.41) is 10.4. The maximum Gasteiger partial charge on any atom is 0.322 e. The van der Waals surface area contributed by atoms with Crippen LogP contribution in [0.15, 0.2) is 48.8 Å². The average molecular weight is 400 g/mol. The molecule has 0 radical (unpaired) electrons. The highest BCUT2D eigenvalue weighted by molar-refractivity contribution is 6.09. The van der Waals surface area contributed by atoms with Gasteiger partial charge in [-0.2, -0.15) is 9.61 Å². The number of urea groups is 1. The van der Waals surface area contributed by atoms with Crippen molar-refractivity contribution in [1.82, 2.24) is 30.2 Å². The highest BCUT2D eigenvalue weighted by Gasteiger charge is 2.55. The second-order valence-corrected chi connectivity index (χ2v) is 7.60. The molecule has 0 unspecified atom stereocenters. The van der Waals surface area contributed by atoms with E-state index in [-0.39, 0.29) is 5.91 Å². The van der Waals surface area contributed by atoms with Crippen molar-refractivity contribution in [2.45, 2.75) is 5.54 Å². The fraction of sp³-hybridized carbons (Fsp3) is 0.150. The molecule has 30 heavy (non-hydrogen) atoms. The summed E-state index contributed by atoms with van der Waals surface area (Å²) in [4.78, 5) is 34.7. The Morgan fingerprint density at radius 3 is 2.73 bits per heavy atom. The van der Waals surface area contributed by atoms with Crippen molar-refractivity contribution < 1.29 is 9.59 Å². The van der Waals surface area contributed by atoms with E-state index in [1.807, 2.05) is 35.2 Å². The SMILES string of the molecule is Nc1cc(N2CC3(C2)NC(=O)NC3=O)nc2c(-c3cnc4ccccc4c3)cnn12. The first-order chi connectivity index (χ1) is 14.5. The lowest BCUT2D eigenvalue weighted by Gasteiger charge is -2.45. The first kappa shape index (κ1) is 16.7. The van der Waals surface area contributed by atoms with Crippen molar-refractivity contribution in [3.8, 4) is 11.1 Å². The lowest BCUT2D eigenvalue weighted by molar-refractivity contribution is -0.124. The number of aromatic nitrogens is 4. The van der Waals surface area contributed by atoms with Crippen molar-refractivity contribution in [2.24, 2.45) is 0 Å². The molecule has 2 aliphatic heterocycles. The maximum absolute atomic E-state index is 12.1. The Balaban J connectivity index is 1.40. The number of nitrogen functional groups attached to an aromatic ring is 1. The summed E-state index contributed by atoms with van der Waals surface area (Å²) in [6.45, 7) is 0.655. The molecular weight excluding hydrogens is 384 g/mol. The lowest BCUT2D eigenvalue weighted by Crippen LogP contribution is -2.71. The molecule has 148 valence electrons. The van der Waals surface area contributed by atoms with Gasteiger partial charge < -0.3 is 16.0 Å². The van der Waals surface area contributed by atoms with Gasteiger partial charge in [-0.1, -0.05) is 18.2 Å². The molecule has 5 heterocycles. The van der Waals surface area contributed by atoms with Gasteiger partial charge in [0.1, 0.15) is 11.6 Å². The number of hydrogen-bond donors (Lipinski definition) is 3. The van der Waals surface area contributed by atoms with E-state index in [1.165, 1.54) is 0 Å². The third-order valence-corrected chi connectivity index (χ3v) is 5.65. The van der Waals surface area contributed by atoms with Crippen molar-refractivity contribution in [2.75, 3.05) is 23.7 Å². The summed E-state index contributed by atoms with van der Waals surface area (Å²) in [6, 6.07) is 11.2. The maximum atomic E-state index is 12.1. The molecule has 10 nitrogen and oxygen atoms in total. The predicted molar refractivity (Wildman–Crippen MR) is 110 cm³/mol. The molecule has 4 aromatic rings.